The average Bonchev–Trinajstić information content (AvgIpc) is 2.49. The standard InChI is InChI=1S/C18H23NO2/c1-3-21-17-11-7-10-16(18(17)20)13-19-14(2)12-15-8-5-4-6-9-15/h4-11,14,19-20H,3,12-13H2,1-2H3. The molecule has 0 aliphatic carbocycles. The van der Waals surface area contributed by atoms with Crippen molar-refractivity contribution in [2.45, 2.75) is 32.9 Å². The Labute approximate surface area is 126 Å². The van der Waals surface area contributed by atoms with Crippen molar-refractivity contribution in [2.24, 2.45) is 0 Å². The Kier molecular flexibility index (Phi) is 5.64. The third kappa shape index (κ3) is 4.50. The zero-order chi connectivity index (χ0) is 15.1. The molecule has 0 radical (unpaired) electrons. The van der Waals surface area contributed by atoms with Crippen molar-refractivity contribution >= 4 is 0 Å². The van der Waals surface area contributed by atoms with Crippen molar-refractivity contribution in [3.05, 3.63) is 59.7 Å². The van der Waals surface area contributed by atoms with E-state index in [1.165, 1.54) is 5.56 Å². The molecule has 0 fully saturated rings. The lowest BCUT2D eigenvalue weighted by molar-refractivity contribution is 0.316. The van der Waals surface area contributed by atoms with E-state index in [0.29, 0.717) is 24.9 Å². The fourth-order valence-corrected chi connectivity index (χ4v) is 2.31. The molecular formula is C18H23NO2. The molecule has 0 heterocycles. The van der Waals surface area contributed by atoms with Gasteiger partial charge in [0, 0.05) is 18.2 Å². The van der Waals surface area contributed by atoms with Crippen molar-refractivity contribution < 1.29 is 9.84 Å². The zero-order valence-corrected chi connectivity index (χ0v) is 12.7. The number of hydrogen-bond donors (Lipinski definition) is 2. The van der Waals surface area contributed by atoms with Crippen LogP contribution < -0.4 is 10.1 Å². The summed E-state index contributed by atoms with van der Waals surface area (Å²) in [5.41, 5.74) is 2.17. The maximum atomic E-state index is 10.2. The van der Waals surface area contributed by atoms with Gasteiger partial charge in [-0.05, 0) is 31.9 Å². The van der Waals surface area contributed by atoms with Crippen LogP contribution in [-0.4, -0.2) is 17.8 Å². The maximum Gasteiger partial charge on any atom is 0.162 e. The Bertz CT molecular complexity index is 554. The molecule has 1 atom stereocenters. The molecule has 0 aromatic heterocycles. The molecular weight excluding hydrogens is 262 g/mol. The predicted octanol–water partition coefficient (Wildman–Crippen LogP) is 3.51. The Morgan fingerprint density at radius 1 is 1.10 bits per heavy atom. The number of nitrogens with one attached hydrogen (secondary N) is 1. The number of phenols is 1. The minimum atomic E-state index is 0.235. The lowest BCUT2D eigenvalue weighted by Crippen LogP contribution is -2.27. The molecule has 0 aliphatic rings. The third-order valence-corrected chi connectivity index (χ3v) is 3.41. The lowest BCUT2D eigenvalue weighted by Gasteiger charge is -2.15. The highest BCUT2D eigenvalue weighted by Gasteiger charge is 2.09. The summed E-state index contributed by atoms with van der Waals surface area (Å²) >= 11 is 0. The summed E-state index contributed by atoms with van der Waals surface area (Å²) in [5, 5.41) is 13.6. The fourth-order valence-electron chi connectivity index (χ4n) is 2.31. The van der Waals surface area contributed by atoms with Gasteiger partial charge in [0.05, 0.1) is 6.61 Å². The van der Waals surface area contributed by atoms with Gasteiger partial charge in [0.15, 0.2) is 11.5 Å². The van der Waals surface area contributed by atoms with Crippen LogP contribution in [0.5, 0.6) is 11.5 Å². The van der Waals surface area contributed by atoms with Gasteiger partial charge in [0.25, 0.3) is 0 Å². The fraction of sp³-hybridized carbons (Fsp3) is 0.333. The minimum Gasteiger partial charge on any atom is -0.504 e. The molecule has 2 aromatic rings. The zero-order valence-electron chi connectivity index (χ0n) is 12.7. The van der Waals surface area contributed by atoms with E-state index in [1.807, 2.05) is 25.1 Å². The molecule has 3 heteroatoms. The van der Waals surface area contributed by atoms with Crippen LogP contribution in [0.4, 0.5) is 0 Å². The molecule has 2 rings (SSSR count). The monoisotopic (exact) mass is 285 g/mol. The summed E-state index contributed by atoms with van der Waals surface area (Å²) in [6, 6.07) is 16.3. The molecule has 0 bridgehead atoms. The Morgan fingerprint density at radius 3 is 2.57 bits per heavy atom. The molecule has 0 saturated heterocycles. The smallest absolute Gasteiger partial charge is 0.162 e. The third-order valence-electron chi connectivity index (χ3n) is 3.41. The summed E-state index contributed by atoms with van der Waals surface area (Å²) in [4.78, 5) is 0. The van der Waals surface area contributed by atoms with E-state index in [2.05, 4.69) is 36.5 Å². The first-order valence-corrected chi connectivity index (χ1v) is 7.41. The molecule has 0 spiro atoms. The molecule has 0 saturated carbocycles. The molecule has 21 heavy (non-hydrogen) atoms. The van der Waals surface area contributed by atoms with Crippen LogP contribution >= 0.6 is 0 Å². The highest BCUT2D eigenvalue weighted by molar-refractivity contribution is 5.45. The van der Waals surface area contributed by atoms with Gasteiger partial charge in [-0.15, -0.1) is 0 Å². The molecule has 1 unspecified atom stereocenters. The minimum absolute atomic E-state index is 0.235. The summed E-state index contributed by atoms with van der Waals surface area (Å²) in [6.45, 7) is 5.23. The Hall–Kier alpha value is -2.00. The highest BCUT2D eigenvalue weighted by Crippen LogP contribution is 2.29. The van der Waals surface area contributed by atoms with Crippen LogP contribution in [0.3, 0.4) is 0 Å². The largest absolute Gasteiger partial charge is 0.504 e. The second kappa shape index (κ2) is 7.70. The van der Waals surface area contributed by atoms with E-state index in [1.54, 1.807) is 6.07 Å². The average molecular weight is 285 g/mol. The van der Waals surface area contributed by atoms with Gasteiger partial charge in [-0.25, -0.2) is 0 Å². The van der Waals surface area contributed by atoms with Crippen molar-refractivity contribution in [3.8, 4) is 11.5 Å². The number of benzene rings is 2. The normalized spacial score (nSPS) is 12.1. The van der Waals surface area contributed by atoms with Crippen LogP contribution in [0.2, 0.25) is 0 Å². The van der Waals surface area contributed by atoms with E-state index in [4.69, 9.17) is 4.74 Å². The van der Waals surface area contributed by atoms with Gasteiger partial charge < -0.3 is 15.2 Å². The molecule has 0 amide bonds. The highest BCUT2D eigenvalue weighted by atomic mass is 16.5. The van der Waals surface area contributed by atoms with Crippen molar-refractivity contribution in [3.63, 3.8) is 0 Å². The summed E-state index contributed by atoms with van der Waals surface area (Å²) in [7, 11) is 0. The summed E-state index contributed by atoms with van der Waals surface area (Å²) in [5.74, 6) is 0.784. The van der Waals surface area contributed by atoms with Crippen molar-refractivity contribution in [2.75, 3.05) is 6.61 Å². The second-order valence-corrected chi connectivity index (χ2v) is 5.17. The Morgan fingerprint density at radius 2 is 1.86 bits per heavy atom. The van der Waals surface area contributed by atoms with Crippen LogP contribution in [0.25, 0.3) is 0 Å². The van der Waals surface area contributed by atoms with Crippen LogP contribution in [0.15, 0.2) is 48.5 Å². The number of rotatable bonds is 7. The van der Waals surface area contributed by atoms with Gasteiger partial charge in [-0.1, -0.05) is 42.5 Å². The van der Waals surface area contributed by atoms with Gasteiger partial charge in [-0.2, -0.15) is 0 Å². The quantitative estimate of drug-likeness (QED) is 0.818. The topological polar surface area (TPSA) is 41.5 Å². The van der Waals surface area contributed by atoms with Gasteiger partial charge in [0.1, 0.15) is 0 Å². The maximum absolute atomic E-state index is 10.2. The number of hydrogen-bond acceptors (Lipinski definition) is 3. The first-order chi connectivity index (χ1) is 10.2. The SMILES string of the molecule is CCOc1cccc(CNC(C)Cc2ccccc2)c1O. The van der Waals surface area contributed by atoms with E-state index >= 15 is 0 Å². The van der Waals surface area contributed by atoms with Crippen molar-refractivity contribution in [1.29, 1.82) is 0 Å². The molecule has 0 aliphatic heterocycles. The molecule has 2 N–H and O–H groups in total. The van der Waals surface area contributed by atoms with Gasteiger partial charge in [0.2, 0.25) is 0 Å². The predicted molar refractivity (Wildman–Crippen MR) is 85.7 cm³/mol. The van der Waals surface area contributed by atoms with E-state index in [-0.39, 0.29) is 5.75 Å². The molecule has 3 nitrogen and oxygen atoms in total. The molecule has 2 aromatic carbocycles. The van der Waals surface area contributed by atoms with Gasteiger partial charge >= 0.3 is 0 Å². The van der Waals surface area contributed by atoms with E-state index < -0.39 is 0 Å². The van der Waals surface area contributed by atoms with E-state index in [9.17, 15) is 5.11 Å². The summed E-state index contributed by atoms with van der Waals surface area (Å²) in [6.07, 6.45) is 0.965. The van der Waals surface area contributed by atoms with Crippen molar-refractivity contribution in [1.82, 2.24) is 5.32 Å². The number of aromatic hydroxyl groups is 1. The van der Waals surface area contributed by atoms with Crippen LogP contribution in [0, 0.1) is 0 Å². The number of ether oxygens (including phenoxy) is 1. The Balaban J connectivity index is 1.92. The van der Waals surface area contributed by atoms with Crippen LogP contribution in [0.1, 0.15) is 25.0 Å². The van der Waals surface area contributed by atoms with E-state index in [0.717, 1.165) is 12.0 Å². The first kappa shape index (κ1) is 15.4. The number of para-hydroxylation sites is 1. The first-order valence-electron chi connectivity index (χ1n) is 7.41. The lowest BCUT2D eigenvalue weighted by atomic mass is 10.1. The number of phenolic OH excluding ortho intramolecular Hbond substituents is 1. The summed E-state index contributed by atoms with van der Waals surface area (Å²) < 4.78 is 5.40. The van der Waals surface area contributed by atoms with Crippen LogP contribution in [-0.2, 0) is 13.0 Å². The van der Waals surface area contributed by atoms with Gasteiger partial charge in [-0.3, -0.25) is 0 Å². The molecule has 112 valence electrons. The second-order valence-electron chi connectivity index (χ2n) is 5.17.